The van der Waals surface area contributed by atoms with E-state index in [1.807, 2.05) is 13.8 Å². The van der Waals surface area contributed by atoms with Gasteiger partial charge < -0.3 is 9.84 Å². The first-order valence-corrected chi connectivity index (χ1v) is 8.69. The number of esters is 2. The van der Waals surface area contributed by atoms with Crippen molar-refractivity contribution in [2.24, 2.45) is 0 Å². The molecule has 0 saturated heterocycles. The topological polar surface area (TPSA) is 80.7 Å². The first-order valence-electron chi connectivity index (χ1n) is 8.69. The fraction of sp³-hybridized carbons (Fsp3) is 0.286. The van der Waals surface area contributed by atoms with E-state index in [0.717, 1.165) is 18.4 Å². The molecule has 0 amide bonds. The maximum absolute atomic E-state index is 12.7. The molecule has 0 fully saturated rings. The smallest absolute Gasteiger partial charge is 0.347 e. The van der Waals surface area contributed by atoms with Crippen LogP contribution in [0.5, 0.6) is 0 Å². The number of carboxylic acids is 1. The predicted octanol–water partition coefficient (Wildman–Crippen LogP) is 4.29. The Bertz CT molecular complexity index is 809. The summed E-state index contributed by atoms with van der Waals surface area (Å²) in [6.07, 6.45) is 2.93. The number of aryl methyl sites for hydroxylation is 1. The van der Waals surface area contributed by atoms with Crippen LogP contribution in [0.2, 0.25) is 0 Å². The van der Waals surface area contributed by atoms with E-state index >= 15 is 0 Å². The zero-order chi connectivity index (χ0) is 19.1. The van der Waals surface area contributed by atoms with Crippen molar-refractivity contribution >= 4 is 17.9 Å². The van der Waals surface area contributed by atoms with Gasteiger partial charge >= 0.3 is 17.9 Å². The molecule has 5 nitrogen and oxygen atoms in total. The number of hydrogen-bond acceptors (Lipinski definition) is 4. The van der Waals surface area contributed by atoms with E-state index in [2.05, 4.69) is 0 Å². The van der Waals surface area contributed by atoms with Crippen LogP contribution in [-0.4, -0.2) is 23.0 Å². The van der Waals surface area contributed by atoms with Crippen molar-refractivity contribution in [1.29, 1.82) is 0 Å². The maximum Gasteiger partial charge on any atom is 0.347 e. The molecule has 0 atom stereocenters. The second kappa shape index (κ2) is 8.94. The molecule has 26 heavy (non-hydrogen) atoms. The van der Waals surface area contributed by atoms with Gasteiger partial charge in [-0.2, -0.15) is 0 Å². The second-order valence-corrected chi connectivity index (χ2v) is 5.93. The second-order valence-electron chi connectivity index (χ2n) is 5.93. The molecule has 0 aliphatic carbocycles. The van der Waals surface area contributed by atoms with Gasteiger partial charge in [-0.05, 0) is 48.6 Å². The highest BCUT2D eigenvalue weighted by molar-refractivity contribution is 6.08. The standard InChI is InChI=1S/C21H22O5/c1-3-5-11-16-14(4-2)12-13-17(19(22)23)18(16)21(25)26-20(24)15-9-7-6-8-10-15/h6-10,12-13H,3-5,11H2,1-2H3,(H,22,23). The number of benzene rings is 2. The fourth-order valence-electron chi connectivity index (χ4n) is 2.84. The van der Waals surface area contributed by atoms with E-state index in [9.17, 15) is 19.5 Å². The van der Waals surface area contributed by atoms with Crippen molar-refractivity contribution in [3.8, 4) is 0 Å². The summed E-state index contributed by atoms with van der Waals surface area (Å²) in [5.41, 5.74) is 1.62. The summed E-state index contributed by atoms with van der Waals surface area (Å²) in [5, 5.41) is 9.49. The largest absolute Gasteiger partial charge is 0.478 e. The van der Waals surface area contributed by atoms with Crippen molar-refractivity contribution < 1.29 is 24.2 Å². The SMILES string of the molecule is CCCCc1c(CC)ccc(C(=O)O)c1C(=O)OC(=O)c1ccccc1. The average Bonchev–Trinajstić information content (AvgIpc) is 2.65. The molecular formula is C21H22O5. The van der Waals surface area contributed by atoms with Crippen LogP contribution in [0.3, 0.4) is 0 Å². The highest BCUT2D eigenvalue weighted by Crippen LogP contribution is 2.24. The summed E-state index contributed by atoms with van der Waals surface area (Å²) >= 11 is 0. The van der Waals surface area contributed by atoms with Crippen LogP contribution in [0.4, 0.5) is 0 Å². The lowest BCUT2D eigenvalue weighted by atomic mass is 9.91. The molecule has 0 bridgehead atoms. The number of carbonyl (C=O) groups is 3. The molecule has 5 heteroatoms. The third-order valence-electron chi connectivity index (χ3n) is 4.20. The van der Waals surface area contributed by atoms with Gasteiger partial charge in [0.2, 0.25) is 0 Å². The van der Waals surface area contributed by atoms with Crippen molar-refractivity contribution in [3.63, 3.8) is 0 Å². The summed E-state index contributed by atoms with van der Waals surface area (Å²) in [6, 6.07) is 11.3. The number of aromatic carboxylic acids is 1. The van der Waals surface area contributed by atoms with Gasteiger partial charge in [0, 0.05) is 0 Å². The minimum atomic E-state index is -1.22. The number of rotatable bonds is 7. The fourth-order valence-corrected chi connectivity index (χ4v) is 2.84. The Morgan fingerprint density at radius 3 is 2.23 bits per heavy atom. The predicted molar refractivity (Wildman–Crippen MR) is 97.6 cm³/mol. The normalized spacial score (nSPS) is 10.4. The van der Waals surface area contributed by atoms with Gasteiger partial charge in [0.05, 0.1) is 16.7 Å². The van der Waals surface area contributed by atoms with Crippen molar-refractivity contribution in [2.45, 2.75) is 39.5 Å². The van der Waals surface area contributed by atoms with Crippen LogP contribution in [0.1, 0.15) is 68.9 Å². The van der Waals surface area contributed by atoms with Gasteiger partial charge in [0.15, 0.2) is 0 Å². The van der Waals surface area contributed by atoms with E-state index in [1.165, 1.54) is 18.2 Å². The number of unbranched alkanes of at least 4 members (excludes halogenated alkanes) is 1. The number of carbonyl (C=O) groups excluding carboxylic acids is 2. The number of hydrogen-bond donors (Lipinski definition) is 1. The monoisotopic (exact) mass is 354 g/mol. The maximum atomic E-state index is 12.7. The molecule has 2 aromatic rings. The minimum Gasteiger partial charge on any atom is -0.478 e. The lowest BCUT2D eigenvalue weighted by molar-refractivity contribution is 0.0391. The van der Waals surface area contributed by atoms with E-state index in [-0.39, 0.29) is 16.7 Å². The molecule has 0 radical (unpaired) electrons. The van der Waals surface area contributed by atoms with Crippen LogP contribution in [-0.2, 0) is 17.6 Å². The first kappa shape index (κ1) is 19.4. The molecule has 0 aliphatic heterocycles. The molecular weight excluding hydrogens is 332 g/mol. The van der Waals surface area contributed by atoms with Crippen LogP contribution in [0, 0.1) is 0 Å². The Labute approximate surface area is 152 Å². The van der Waals surface area contributed by atoms with Gasteiger partial charge in [-0.3, -0.25) is 0 Å². The van der Waals surface area contributed by atoms with Crippen LogP contribution in [0.25, 0.3) is 0 Å². The molecule has 2 rings (SSSR count). The van der Waals surface area contributed by atoms with Gasteiger partial charge in [-0.15, -0.1) is 0 Å². The van der Waals surface area contributed by atoms with Gasteiger partial charge in [0.1, 0.15) is 0 Å². The van der Waals surface area contributed by atoms with E-state index in [4.69, 9.17) is 4.74 Å². The van der Waals surface area contributed by atoms with Crippen molar-refractivity contribution in [1.82, 2.24) is 0 Å². The highest BCUT2D eigenvalue weighted by atomic mass is 16.6. The zero-order valence-electron chi connectivity index (χ0n) is 15.0. The Balaban J connectivity index is 2.45. The quantitative estimate of drug-likeness (QED) is 0.593. The van der Waals surface area contributed by atoms with Crippen molar-refractivity contribution in [3.05, 3.63) is 70.3 Å². The Morgan fingerprint density at radius 2 is 1.65 bits per heavy atom. The van der Waals surface area contributed by atoms with Crippen LogP contribution < -0.4 is 0 Å². The number of carboxylic acid groups (broad SMARTS) is 1. The van der Waals surface area contributed by atoms with Crippen LogP contribution >= 0.6 is 0 Å². The minimum absolute atomic E-state index is 0.0189. The van der Waals surface area contributed by atoms with E-state index < -0.39 is 17.9 Å². The molecule has 0 heterocycles. The first-order chi connectivity index (χ1) is 12.5. The molecule has 0 aromatic heterocycles. The summed E-state index contributed by atoms with van der Waals surface area (Å²) in [5.74, 6) is -2.93. The summed E-state index contributed by atoms with van der Waals surface area (Å²) in [4.78, 5) is 36.5. The Kier molecular flexibility index (Phi) is 6.67. The number of ether oxygens (including phenoxy) is 1. The lowest BCUT2D eigenvalue weighted by Crippen LogP contribution is -2.19. The van der Waals surface area contributed by atoms with Crippen LogP contribution in [0.15, 0.2) is 42.5 Å². The van der Waals surface area contributed by atoms with E-state index in [1.54, 1.807) is 24.3 Å². The lowest BCUT2D eigenvalue weighted by Gasteiger charge is -2.15. The zero-order valence-corrected chi connectivity index (χ0v) is 15.0. The summed E-state index contributed by atoms with van der Waals surface area (Å²) < 4.78 is 4.99. The Morgan fingerprint density at radius 1 is 0.962 bits per heavy atom. The molecule has 0 aliphatic rings. The Hall–Kier alpha value is -2.95. The molecule has 2 aromatic carbocycles. The van der Waals surface area contributed by atoms with Gasteiger partial charge in [0.25, 0.3) is 0 Å². The van der Waals surface area contributed by atoms with Gasteiger partial charge in [-0.25, -0.2) is 14.4 Å². The van der Waals surface area contributed by atoms with E-state index in [0.29, 0.717) is 18.4 Å². The molecule has 1 N–H and O–H groups in total. The molecule has 0 unspecified atom stereocenters. The third kappa shape index (κ3) is 4.36. The van der Waals surface area contributed by atoms with Crippen molar-refractivity contribution in [2.75, 3.05) is 0 Å². The average molecular weight is 354 g/mol. The molecule has 136 valence electrons. The summed E-state index contributed by atoms with van der Waals surface area (Å²) in [6.45, 7) is 3.96. The summed E-state index contributed by atoms with van der Waals surface area (Å²) in [7, 11) is 0. The molecule has 0 saturated carbocycles. The molecule has 0 spiro atoms. The highest BCUT2D eigenvalue weighted by Gasteiger charge is 2.26. The third-order valence-corrected chi connectivity index (χ3v) is 4.20. The van der Waals surface area contributed by atoms with Gasteiger partial charge in [-0.1, -0.05) is 44.5 Å².